The van der Waals surface area contributed by atoms with Crippen LogP contribution < -0.4 is 11.4 Å². The first-order valence-electron chi connectivity index (χ1n) is 6.24. The number of ether oxygens (including phenoxy) is 3. The summed E-state index contributed by atoms with van der Waals surface area (Å²) in [5.41, 5.74) is 4.77. The molecule has 110 valence electrons. The van der Waals surface area contributed by atoms with Crippen molar-refractivity contribution in [3.8, 4) is 0 Å². The number of nitrogens with two attached hydrogens (primary N) is 1. The van der Waals surface area contributed by atoms with E-state index in [0.29, 0.717) is 0 Å². The van der Waals surface area contributed by atoms with Gasteiger partial charge in [-0.1, -0.05) is 0 Å². The Morgan fingerprint density at radius 3 is 2.80 bits per heavy atom. The Labute approximate surface area is 114 Å². The summed E-state index contributed by atoms with van der Waals surface area (Å²) in [5, 5.41) is 9.36. The molecule has 0 saturated carbocycles. The van der Waals surface area contributed by atoms with Crippen LogP contribution in [0, 0.1) is 0 Å². The minimum atomic E-state index is -0.803. The predicted molar refractivity (Wildman–Crippen MR) is 65.5 cm³/mol. The maximum absolute atomic E-state index is 11.9. The second-order valence-corrected chi connectivity index (χ2v) is 5.22. The van der Waals surface area contributed by atoms with Crippen molar-refractivity contribution >= 4 is 5.95 Å². The Morgan fingerprint density at radius 2 is 2.15 bits per heavy atom. The van der Waals surface area contributed by atoms with Crippen LogP contribution in [0.2, 0.25) is 0 Å². The molecule has 2 aliphatic rings. The summed E-state index contributed by atoms with van der Waals surface area (Å²) in [4.78, 5) is 19.2. The highest BCUT2D eigenvalue weighted by Gasteiger charge is 2.55. The summed E-state index contributed by atoms with van der Waals surface area (Å²) in [6.07, 6.45) is -1.05. The fraction of sp³-hybridized carbons (Fsp3) is 0.727. The van der Waals surface area contributed by atoms with Crippen molar-refractivity contribution in [2.75, 3.05) is 12.3 Å². The Hall–Kier alpha value is -1.55. The number of nitrogens with zero attached hydrogens (tertiary/aromatic N) is 3. The van der Waals surface area contributed by atoms with Gasteiger partial charge in [0.2, 0.25) is 5.95 Å². The molecule has 2 saturated heterocycles. The van der Waals surface area contributed by atoms with Gasteiger partial charge in [0, 0.05) is 0 Å². The number of aliphatic hydroxyl groups is 1. The number of nitrogen functional groups attached to an aromatic ring is 1. The normalized spacial score (nSPS) is 35.1. The number of anilines is 1. The predicted octanol–water partition coefficient (Wildman–Crippen LogP) is -1.37. The van der Waals surface area contributed by atoms with Gasteiger partial charge < -0.3 is 25.1 Å². The molecule has 0 aliphatic carbocycles. The first-order chi connectivity index (χ1) is 9.41. The van der Waals surface area contributed by atoms with Crippen LogP contribution in [0.15, 0.2) is 11.1 Å². The van der Waals surface area contributed by atoms with E-state index in [9.17, 15) is 9.90 Å². The molecule has 0 aromatic carbocycles. The lowest BCUT2D eigenvalue weighted by Gasteiger charge is -2.24. The minimum absolute atomic E-state index is 0.108. The van der Waals surface area contributed by atoms with Gasteiger partial charge in [-0.25, -0.2) is 9.78 Å². The molecule has 0 bridgehead atoms. The second-order valence-electron chi connectivity index (χ2n) is 5.22. The molecule has 0 unspecified atom stereocenters. The van der Waals surface area contributed by atoms with E-state index in [1.54, 1.807) is 13.8 Å². The zero-order chi connectivity index (χ0) is 14.5. The summed E-state index contributed by atoms with van der Waals surface area (Å²) in [5.74, 6) is -0.910. The fourth-order valence-electron chi connectivity index (χ4n) is 2.56. The quantitative estimate of drug-likeness (QED) is 0.682. The molecule has 9 heteroatoms. The molecule has 1 aromatic rings. The number of rotatable bonds is 2. The highest BCUT2D eigenvalue weighted by molar-refractivity contribution is 5.10. The van der Waals surface area contributed by atoms with Gasteiger partial charge in [0.25, 0.3) is 0 Å². The third kappa shape index (κ3) is 2.08. The first-order valence-corrected chi connectivity index (χ1v) is 6.24. The van der Waals surface area contributed by atoms with Crippen molar-refractivity contribution in [2.24, 2.45) is 0 Å². The van der Waals surface area contributed by atoms with E-state index in [1.807, 2.05) is 0 Å². The van der Waals surface area contributed by atoms with Crippen LogP contribution in [0.3, 0.4) is 0 Å². The van der Waals surface area contributed by atoms with Crippen LogP contribution >= 0.6 is 0 Å². The summed E-state index contributed by atoms with van der Waals surface area (Å²) < 4.78 is 18.3. The highest BCUT2D eigenvalue weighted by atomic mass is 16.8. The van der Waals surface area contributed by atoms with E-state index in [0.717, 1.165) is 0 Å². The van der Waals surface area contributed by atoms with Crippen molar-refractivity contribution in [2.45, 2.75) is 44.2 Å². The van der Waals surface area contributed by atoms with E-state index in [1.165, 1.54) is 10.9 Å². The van der Waals surface area contributed by atoms with E-state index < -0.39 is 36.0 Å². The van der Waals surface area contributed by atoms with Crippen molar-refractivity contribution in [1.82, 2.24) is 14.5 Å². The molecular weight excluding hydrogens is 268 g/mol. The third-order valence-electron chi connectivity index (χ3n) is 3.32. The molecular formula is C11H16N4O5. The summed E-state index contributed by atoms with van der Waals surface area (Å²) in [6, 6.07) is 0. The van der Waals surface area contributed by atoms with Gasteiger partial charge in [0.05, 0.1) is 6.61 Å². The summed E-state index contributed by atoms with van der Waals surface area (Å²) >= 11 is 0. The van der Waals surface area contributed by atoms with Gasteiger partial charge in [0.15, 0.2) is 12.0 Å². The molecule has 9 nitrogen and oxygen atoms in total. The number of fused-ring (bicyclic) bond motifs is 1. The Morgan fingerprint density at radius 1 is 1.45 bits per heavy atom. The Balaban J connectivity index is 1.96. The van der Waals surface area contributed by atoms with E-state index in [2.05, 4.69) is 9.97 Å². The van der Waals surface area contributed by atoms with Gasteiger partial charge in [-0.15, -0.1) is 0 Å². The smallest absolute Gasteiger partial charge is 0.354 e. The summed E-state index contributed by atoms with van der Waals surface area (Å²) in [7, 11) is 0. The van der Waals surface area contributed by atoms with Crippen LogP contribution in [-0.2, 0) is 14.2 Å². The number of hydrogen-bond donors (Lipinski definition) is 2. The maximum Gasteiger partial charge on any atom is 0.354 e. The van der Waals surface area contributed by atoms with Crippen LogP contribution in [0.1, 0.15) is 20.1 Å². The van der Waals surface area contributed by atoms with Gasteiger partial charge in [-0.2, -0.15) is 4.98 Å². The molecule has 3 N–H and O–H groups in total. The lowest BCUT2D eigenvalue weighted by atomic mass is 10.1. The molecule has 20 heavy (non-hydrogen) atoms. The van der Waals surface area contributed by atoms with E-state index >= 15 is 0 Å². The van der Waals surface area contributed by atoms with Crippen molar-refractivity contribution in [3.05, 3.63) is 16.8 Å². The topological polar surface area (TPSA) is 122 Å². The Bertz CT molecular complexity index is 574. The number of hydrogen-bond acceptors (Lipinski definition) is 8. The Kier molecular flexibility index (Phi) is 3.01. The van der Waals surface area contributed by atoms with Crippen LogP contribution in [0.4, 0.5) is 5.95 Å². The van der Waals surface area contributed by atoms with Crippen LogP contribution in [0.5, 0.6) is 0 Å². The average molecular weight is 284 g/mol. The molecule has 3 heterocycles. The standard InChI is InChI=1S/C11H16N4O5/c1-11(2)19-6-5(3-16)18-8(7(6)20-11)15-4-13-9(12)14-10(15)17/h4-8,16H,3H2,1-2H3,(H2,12,14,17)/t5-,6+,7+,8+/m0/s1. The summed E-state index contributed by atoms with van der Waals surface area (Å²) in [6.45, 7) is 3.29. The average Bonchev–Trinajstić information content (AvgIpc) is 2.83. The molecule has 0 amide bonds. The zero-order valence-electron chi connectivity index (χ0n) is 11.1. The van der Waals surface area contributed by atoms with Gasteiger partial charge in [-0.3, -0.25) is 4.57 Å². The SMILES string of the molecule is CC1(C)O[C@@H]2[C@H](O1)[C@H](CO)O[C@H]2n1cnc(N)nc1=O. The monoisotopic (exact) mass is 284 g/mol. The lowest BCUT2D eigenvalue weighted by Crippen LogP contribution is -2.35. The molecule has 0 radical (unpaired) electrons. The third-order valence-corrected chi connectivity index (χ3v) is 3.32. The van der Waals surface area contributed by atoms with Crippen molar-refractivity contribution in [3.63, 3.8) is 0 Å². The van der Waals surface area contributed by atoms with E-state index in [4.69, 9.17) is 19.9 Å². The molecule has 2 aliphatic heterocycles. The van der Waals surface area contributed by atoms with E-state index in [-0.39, 0.29) is 12.6 Å². The zero-order valence-corrected chi connectivity index (χ0v) is 11.1. The van der Waals surface area contributed by atoms with Gasteiger partial charge in [-0.05, 0) is 13.8 Å². The van der Waals surface area contributed by atoms with Crippen LogP contribution in [-0.4, -0.2) is 50.3 Å². The van der Waals surface area contributed by atoms with Crippen molar-refractivity contribution in [1.29, 1.82) is 0 Å². The van der Waals surface area contributed by atoms with Gasteiger partial charge >= 0.3 is 5.69 Å². The van der Waals surface area contributed by atoms with Gasteiger partial charge in [0.1, 0.15) is 24.6 Å². The molecule has 3 rings (SSSR count). The number of aromatic nitrogens is 3. The lowest BCUT2D eigenvalue weighted by molar-refractivity contribution is -0.200. The van der Waals surface area contributed by atoms with Crippen LogP contribution in [0.25, 0.3) is 0 Å². The van der Waals surface area contributed by atoms with Crippen molar-refractivity contribution < 1.29 is 19.3 Å². The minimum Gasteiger partial charge on any atom is -0.394 e. The molecule has 0 spiro atoms. The second kappa shape index (κ2) is 4.48. The molecule has 2 fully saturated rings. The molecule has 1 aromatic heterocycles. The first kappa shape index (κ1) is 13.4. The highest BCUT2D eigenvalue weighted by Crippen LogP contribution is 2.42. The fourth-order valence-corrected chi connectivity index (χ4v) is 2.56. The maximum atomic E-state index is 11.9. The molecule has 4 atom stereocenters. The largest absolute Gasteiger partial charge is 0.394 e. The number of aliphatic hydroxyl groups excluding tert-OH is 1.